The molecule has 0 saturated carbocycles. The average Bonchev–Trinajstić information content (AvgIpc) is 2.61. The van der Waals surface area contributed by atoms with Crippen molar-refractivity contribution in [2.75, 3.05) is 41.3 Å². The van der Waals surface area contributed by atoms with Crippen LogP contribution in [-0.2, 0) is 0 Å². The highest BCUT2D eigenvalue weighted by Crippen LogP contribution is 2.28. The van der Waals surface area contributed by atoms with Gasteiger partial charge in [-0.3, -0.25) is 0 Å². The molecule has 6 nitrogen and oxygen atoms in total. The molecule has 3 rings (SSSR count). The Labute approximate surface area is 169 Å². The van der Waals surface area contributed by atoms with E-state index in [-0.39, 0.29) is 6.04 Å². The molecule has 0 amide bonds. The molecule has 1 aromatic heterocycles. The van der Waals surface area contributed by atoms with E-state index in [1.54, 1.807) is 0 Å². The van der Waals surface area contributed by atoms with E-state index in [0.29, 0.717) is 17.0 Å². The second kappa shape index (κ2) is 9.04. The molecule has 2 N–H and O–H groups in total. The highest BCUT2D eigenvalue weighted by atomic mass is 32.1. The number of aromatic nitrogens is 2. The van der Waals surface area contributed by atoms with Crippen molar-refractivity contribution in [2.24, 2.45) is 11.8 Å². The van der Waals surface area contributed by atoms with Crippen molar-refractivity contribution < 1.29 is 0 Å². The van der Waals surface area contributed by atoms with Gasteiger partial charge in [0.2, 0.25) is 5.95 Å². The minimum atomic E-state index is 0.277. The van der Waals surface area contributed by atoms with Crippen LogP contribution >= 0.6 is 12.2 Å². The van der Waals surface area contributed by atoms with Crippen LogP contribution in [0.2, 0.25) is 0 Å². The summed E-state index contributed by atoms with van der Waals surface area (Å²) in [5, 5.41) is 6.99. The minimum absolute atomic E-state index is 0.277. The predicted octanol–water partition coefficient (Wildman–Crippen LogP) is 3.64. The number of nitrogens with one attached hydrogen (secondary N) is 2. The lowest BCUT2D eigenvalue weighted by molar-refractivity contribution is 0.435. The molecule has 0 radical (unpaired) electrons. The van der Waals surface area contributed by atoms with Crippen molar-refractivity contribution in [2.45, 2.75) is 59.4 Å². The fraction of sp³-hybridized carbons (Fsp3) is 0.750. The van der Waals surface area contributed by atoms with Crippen molar-refractivity contribution >= 4 is 34.9 Å². The summed E-state index contributed by atoms with van der Waals surface area (Å²) >= 11 is 5.42. The summed E-state index contributed by atoms with van der Waals surface area (Å²) in [4.78, 5) is 14.4. The first-order valence-corrected chi connectivity index (χ1v) is 10.8. The van der Waals surface area contributed by atoms with Crippen LogP contribution in [-0.4, -0.2) is 47.3 Å². The molecule has 2 fully saturated rings. The first-order chi connectivity index (χ1) is 12.9. The molecule has 0 spiro atoms. The van der Waals surface area contributed by atoms with E-state index in [1.807, 2.05) is 0 Å². The monoisotopic (exact) mass is 390 g/mol. The molecule has 2 aliphatic heterocycles. The number of hydrogen-bond acceptors (Lipinski definition) is 5. The van der Waals surface area contributed by atoms with Crippen molar-refractivity contribution in [3.8, 4) is 0 Å². The lowest BCUT2D eigenvalue weighted by Gasteiger charge is -2.34. The first-order valence-electron chi connectivity index (χ1n) is 10.4. The van der Waals surface area contributed by atoms with Crippen LogP contribution in [0.5, 0.6) is 0 Å². The molecule has 1 unspecified atom stereocenters. The first kappa shape index (κ1) is 20.1. The van der Waals surface area contributed by atoms with E-state index in [9.17, 15) is 0 Å². The molecule has 0 aromatic carbocycles. The van der Waals surface area contributed by atoms with Gasteiger partial charge < -0.3 is 20.4 Å². The number of rotatable bonds is 4. The molecular formula is C20H34N6S. The predicted molar refractivity (Wildman–Crippen MR) is 118 cm³/mol. The third kappa shape index (κ3) is 5.67. The van der Waals surface area contributed by atoms with Crippen molar-refractivity contribution in [3.63, 3.8) is 0 Å². The molecule has 2 aliphatic rings. The van der Waals surface area contributed by atoms with Crippen LogP contribution < -0.4 is 20.4 Å². The zero-order valence-corrected chi connectivity index (χ0v) is 18.0. The molecule has 150 valence electrons. The molecule has 0 bridgehead atoms. The summed E-state index contributed by atoms with van der Waals surface area (Å²) in [6.07, 6.45) is 4.95. The van der Waals surface area contributed by atoms with E-state index in [4.69, 9.17) is 22.2 Å². The smallest absolute Gasteiger partial charge is 0.232 e. The van der Waals surface area contributed by atoms with E-state index >= 15 is 0 Å². The lowest BCUT2D eigenvalue weighted by atomic mass is 9.99. The van der Waals surface area contributed by atoms with Crippen LogP contribution in [0.4, 0.5) is 17.6 Å². The van der Waals surface area contributed by atoms with Crippen LogP contribution in [0.25, 0.3) is 0 Å². The quantitative estimate of drug-likeness (QED) is 0.761. The SMILES string of the molecule is CC1CCN(c2cc(N3CCCC(C)C3)nc(NC(=S)NC(C)C)n2)CC1. The third-order valence-electron chi connectivity index (χ3n) is 5.43. The Morgan fingerprint density at radius 1 is 1.04 bits per heavy atom. The van der Waals surface area contributed by atoms with E-state index < -0.39 is 0 Å². The van der Waals surface area contributed by atoms with E-state index in [0.717, 1.165) is 43.7 Å². The second-order valence-corrected chi connectivity index (χ2v) is 8.93. The zero-order valence-electron chi connectivity index (χ0n) is 17.2. The van der Waals surface area contributed by atoms with Gasteiger partial charge in [-0.2, -0.15) is 9.97 Å². The fourth-order valence-electron chi connectivity index (χ4n) is 3.84. The number of anilines is 3. The maximum absolute atomic E-state index is 5.42. The number of piperidine rings is 2. The summed E-state index contributed by atoms with van der Waals surface area (Å²) in [5.41, 5.74) is 0. The average molecular weight is 391 g/mol. The Morgan fingerprint density at radius 3 is 2.33 bits per heavy atom. The molecular weight excluding hydrogens is 356 g/mol. The Morgan fingerprint density at radius 2 is 1.70 bits per heavy atom. The largest absolute Gasteiger partial charge is 0.360 e. The van der Waals surface area contributed by atoms with Crippen molar-refractivity contribution in [1.82, 2.24) is 15.3 Å². The van der Waals surface area contributed by atoms with Gasteiger partial charge in [-0.15, -0.1) is 0 Å². The van der Waals surface area contributed by atoms with E-state index in [1.165, 1.54) is 25.7 Å². The minimum Gasteiger partial charge on any atom is -0.360 e. The van der Waals surface area contributed by atoms with Crippen molar-refractivity contribution in [3.05, 3.63) is 6.07 Å². The van der Waals surface area contributed by atoms with Crippen LogP contribution in [0.1, 0.15) is 53.4 Å². The normalized spacial score (nSPS) is 21.4. The summed E-state index contributed by atoms with van der Waals surface area (Å²) < 4.78 is 0. The molecule has 3 heterocycles. The molecule has 7 heteroatoms. The highest BCUT2D eigenvalue weighted by molar-refractivity contribution is 7.80. The number of thiocarbonyl (C=S) groups is 1. The molecule has 1 aromatic rings. The second-order valence-electron chi connectivity index (χ2n) is 8.52. The Balaban J connectivity index is 1.84. The van der Waals surface area contributed by atoms with Gasteiger partial charge in [-0.25, -0.2) is 0 Å². The zero-order chi connectivity index (χ0) is 19.4. The van der Waals surface area contributed by atoms with Gasteiger partial charge >= 0.3 is 0 Å². The Hall–Kier alpha value is -1.63. The molecule has 2 saturated heterocycles. The molecule has 27 heavy (non-hydrogen) atoms. The molecule has 1 atom stereocenters. The van der Waals surface area contributed by atoms with Crippen LogP contribution in [0, 0.1) is 11.8 Å². The van der Waals surface area contributed by atoms with Gasteiger partial charge in [0.05, 0.1) is 0 Å². The summed E-state index contributed by atoms with van der Waals surface area (Å²) in [6, 6.07) is 2.44. The van der Waals surface area contributed by atoms with Gasteiger partial charge in [0.1, 0.15) is 11.6 Å². The van der Waals surface area contributed by atoms with E-state index in [2.05, 4.69) is 54.2 Å². The van der Waals surface area contributed by atoms with Gasteiger partial charge in [0.15, 0.2) is 5.11 Å². The highest BCUT2D eigenvalue weighted by Gasteiger charge is 2.22. The number of nitrogens with zero attached hydrogens (tertiary/aromatic N) is 4. The van der Waals surface area contributed by atoms with Gasteiger partial charge in [0, 0.05) is 38.3 Å². The van der Waals surface area contributed by atoms with Crippen LogP contribution in [0.3, 0.4) is 0 Å². The lowest BCUT2D eigenvalue weighted by Crippen LogP contribution is -2.37. The fourth-order valence-corrected chi connectivity index (χ4v) is 4.16. The van der Waals surface area contributed by atoms with Crippen molar-refractivity contribution in [1.29, 1.82) is 0 Å². The van der Waals surface area contributed by atoms with Crippen LogP contribution in [0.15, 0.2) is 6.07 Å². The Kier molecular flexibility index (Phi) is 6.73. The third-order valence-corrected chi connectivity index (χ3v) is 5.65. The topological polar surface area (TPSA) is 56.3 Å². The summed E-state index contributed by atoms with van der Waals surface area (Å²) in [7, 11) is 0. The maximum atomic E-state index is 5.42. The number of hydrogen-bond donors (Lipinski definition) is 2. The summed E-state index contributed by atoms with van der Waals surface area (Å²) in [5.74, 6) is 4.12. The Bertz CT molecular complexity index is 641. The van der Waals surface area contributed by atoms with Gasteiger partial charge in [-0.05, 0) is 63.6 Å². The van der Waals surface area contributed by atoms with Gasteiger partial charge in [0.25, 0.3) is 0 Å². The molecule has 0 aliphatic carbocycles. The summed E-state index contributed by atoms with van der Waals surface area (Å²) in [6.45, 7) is 13.0. The maximum Gasteiger partial charge on any atom is 0.232 e. The van der Waals surface area contributed by atoms with Gasteiger partial charge in [-0.1, -0.05) is 13.8 Å². The standard InChI is InChI=1S/C20H34N6S/c1-14(2)21-20(27)24-19-22-17(25-10-7-15(3)8-11-25)12-18(23-19)26-9-5-6-16(4)13-26/h12,14-16H,5-11,13H2,1-4H3,(H2,21,22,23,24,27).